The van der Waals surface area contributed by atoms with Gasteiger partial charge in [0.25, 0.3) is 0 Å². The van der Waals surface area contributed by atoms with Gasteiger partial charge < -0.3 is 15.1 Å². The van der Waals surface area contributed by atoms with E-state index in [4.69, 9.17) is 11.6 Å². The van der Waals surface area contributed by atoms with Crippen molar-refractivity contribution in [2.45, 2.75) is 57.5 Å². The van der Waals surface area contributed by atoms with E-state index in [2.05, 4.69) is 15.3 Å². The van der Waals surface area contributed by atoms with E-state index in [0.29, 0.717) is 17.0 Å². The van der Waals surface area contributed by atoms with Gasteiger partial charge in [-0.1, -0.05) is 11.6 Å². The predicted octanol–water partition coefficient (Wildman–Crippen LogP) is 4.67. The Morgan fingerprint density at radius 2 is 1.73 bits per heavy atom. The van der Waals surface area contributed by atoms with Crippen molar-refractivity contribution in [3.63, 3.8) is 0 Å². The average molecular weight is 428 g/mol. The van der Waals surface area contributed by atoms with Crippen molar-refractivity contribution in [3.8, 4) is 0 Å². The number of nitrogens with one attached hydrogen (secondary N) is 1. The smallest absolute Gasteiger partial charge is 0.230 e. The highest BCUT2D eigenvalue weighted by Crippen LogP contribution is 2.37. The van der Waals surface area contributed by atoms with Crippen LogP contribution in [0.5, 0.6) is 0 Å². The first-order chi connectivity index (χ1) is 14.4. The average Bonchev–Trinajstić information content (AvgIpc) is 3.57. The third-order valence-electron chi connectivity index (χ3n) is 6.03. The molecular formula is C23H30ClN5O. The lowest BCUT2D eigenvalue weighted by Crippen LogP contribution is -2.45. The van der Waals surface area contributed by atoms with Gasteiger partial charge in [0, 0.05) is 54.6 Å². The normalized spacial score (nSPS) is 21.2. The first-order valence-electron chi connectivity index (χ1n) is 10.8. The maximum Gasteiger partial charge on any atom is 0.230 e. The Hall–Kier alpha value is -2.34. The van der Waals surface area contributed by atoms with Gasteiger partial charge in [-0.2, -0.15) is 4.98 Å². The quantitative estimate of drug-likeness (QED) is 0.725. The Balaban J connectivity index is 1.42. The van der Waals surface area contributed by atoms with Gasteiger partial charge in [0.15, 0.2) is 0 Å². The van der Waals surface area contributed by atoms with Crippen LogP contribution in [0.2, 0.25) is 5.02 Å². The van der Waals surface area contributed by atoms with Gasteiger partial charge in [0.1, 0.15) is 5.82 Å². The van der Waals surface area contributed by atoms with Crippen LogP contribution in [0.3, 0.4) is 0 Å². The third kappa shape index (κ3) is 4.69. The van der Waals surface area contributed by atoms with E-state index in [1.165, 1.54) is 0 Å². The molecule has 1 heterocycles. The van der Waals surface area contributed by atoms with E-state index in [1.54, 1.807) is 0 Å². The maximum atomic E-state index is 13.0. The SMILES string of the molecule is Cc1cnc(NC2CCC(N(C(=O)C3CC3)c3ccc(Cl)cc3)CC2)nc1N(C)C. The van der Waals surface area contributed by atoms with E-state index >= 15 is 0 Å². The summed E-state index contributed by atoms with van der Waals surface area (Å²) in [7, 11) is 3.99. The Labute approximate surface area is 183 Å². The molecule has 2 aliphatic carbocycles. The van der Waals surface area contributed by atoms with Crippen LogP contribution in [0.4, 0.5) is 17.5 Å². The molecule has 0 saturated heterocycles. The summed E-state index contributed by atoms with van der Waals surface area (Å²) in [5.41, 5.74) is 2.02. The highest BCUT2D eigenvalue weighted by Gasteiger charge is 2.38. The molecule has 1 N–H and O–H groups in total. The summed E-state index contributed by atoms with van der Waals surface area (Å²) in [6, 6.07) is 8.23. The van der Waals surface area contributed by atoms with Crippen LogP contribution in [0, 0.1) is 12.8 Å². The number of aromatic nitrogens is 2. The molecule has 2 fully saturated rings. The molecule has 0 bridgehead atoms. The molecule has 7 heteroatoms. The summed E-state index contributed by atoms with van der Waals surface area (Å²) in [4.78, 5) is 26.2. The Kier molecular flexibility index (Phi) is 6.14. The minimum Gasteiger partial charge on any atom is -0.362 e. The van der Waals surface area contributed by atoms with Crippen LogP contribution in [-0.4, -0.2) is 42.1 Å². The number of amides is 1. The molecular weight excluding hydrogens is 398 g/mol. The molecule has 0 aliphatic heterocycles. The minimum absolute atomic E-state index is 0.196. The zero-order valence-electron chi connectivity index (χ0n) is 17.9. The number of halogens is 1. The molecule has 2 saturated carbocycles. The number of benzene rings is 1. The Morgan fingerprint density at radius 3 is 2.33 bits per heavy atom. The van der Waals surface area contributed by atoms with Gasteiger partial charge >= 0.3 is 0 Å². The van der Waals surface area contributed by atoms with Gasteiger partial charge in [-0.3, -0.25) is 4.79 Å². The highest BCUT2D eigenvalue weighted by atomic mass is 35.5. The monoisotopic (exact) mass is 427 g/mol. The maximum absolute atomic E-state index is 13.0. The van der Waals surface area contributed by atoms with Crippen LogP contribution in [-0.2, 0) is 4.79 Å². The van der Waals surface area contributed by atoms with Crippen molar-refractivity contribution < 1.29 is 4.79 Å². The van der Waals surface area contributed by atoms with E-state index < -0.39 is 0 Å². The van der Waals surface area contributed by atoms with Gasteiger partial charge in [-0.25, -0.2) is 4.98 Å². The number of rotatable bonds is 6. The van der Waals surface area contributed by atoms with E-state index in [-0.39, 0.29) is 17.9 Å². The second kappa shape index (κ2) is 8.80. The second-order valence-corrected chi connectivity index (χ2v) is 9.14. The van der Waals surface area contributed by atoms with Crippen LogP contribution in [0.25, 0.3) is 0 Å². The van der Waals surface area contributed by atoms with Crippen molar-refractivity contribution >= 4 is 35.0 Å². The fourth-order valence-electron chi connectivity index (χ4n) is 4.26. The van der Waals surface area contributed by atoms with Crippen LogP contribution in [0.15, 0.2) is 30.5 Å². The van der Waals surface area contributed by atoms with Crippen LogP contribution < -0.4 is 15.1 Å². The zero-order valence-corrected chi connectivity index (χ0v) is 18.7. The van der Waals surface area contributed by atoms with Gasteiger partial charge in [-0.05, 0) is 69.7 Å². The highest BCUT2D eigenvalue weighted by molar-refractivity contribution is 6.30. The van der Waals surface area contributed by atoms with Crippen molar-refractivity contribution in [2.75, 3.05) is 29.2 Å². The standard InChI is InChI=1S/C23H30ClN5O/c1-15-14-25-23(27-21(15)28(2)3)26-18-8-12-20(13-9-18)29(22(30)16-4-5-16)19-10-6-17(24)7-11-19/h6-7,10-11,14,16,18,20H,4-5,8-9,12-13H2,1-3H3,(H,25,26,27). The summed E-state index contributed by atoms with van der Waals surface area (Å²) in [6.45, 7) is 2.02. The summed E-state index contributed by atoms with van der Waals surface area (Å²) in [5.74, 6) is 2.08. The second-order valence-electron chi connectivity index (χ2n) is 8.70. The zero-order chi connectivity index (χ0) is 21.3. The molecule has 2 aliphatic rings. The Bertz CT molecular complexity index is 889. The van der Waals surface area contributed by atoms with Crippen molar-refractivity contribution in [2.24, 2.45) is 5.92 Å². The summed E-state index contributed by atoms with van der Waals surface area (Å²) >= 11 is 6.07. The van der Waals surface area contributed by atoms with Crippen molar-refractivity contribution in [3.05, 3.63) is 41.0 Å². The summed E-state index contributed by atoms with van der Waals surface area (Å²) in [6.07, 6.45) is 7.79. The summed E-state index contributed by atoms with van der Waals surface area (Å²) in [5, 5.41) is 4.20. The topological polar surface area (TPSA) is 61.4 Å². The molecule has 6 nitrogen and oxygen atoms in total. The number of hydrogen-bond donors (Lipinski definition) is 1. The van der Waals surface area contributed by atoms with E-state index in [1.807, 2.05) is 61.3 Å². The summed E-state index contributed by atoms with van der Waals surface area (Å²) < 4.78 is 0. The molecule has 1 aromatic carbocycles. The van der Waals surface area contributed by atoms with Crippen LogP contribution in [0.1, 0.15) is 44.1 Å². The lowest BCUT2D eigenvalue weighted by Gasteiger charge is -2.37. The number of carbonyl (C=O) groups excluding carboxylic acids is 1. The third-order valence-corrected chi connectivity index (χ3v) is 6.28. The molecule has 160 valence electrons. The van der Waals surface area contributed by atoms with Crippen LogP contribution >= 0.6 is 11.6 Å². The fourth-order valence-corrected chi connectivity index (χ4v) is 4.39. The predicted molar refractivity (Wildman–Crippen MR) is 122 cm³/mol. The molecule has 1 aromatic heterocycles. The number of aryl methyl sites for hydroxylation is 1. The molecule has 0 radical (unpaired) electrons. The first-order valence-corrected chi connectivity index (χ1v) is 11.2. The molecule has 2 aromatic rings. The Morgan fingerprint density at radius 1 is 1.07 bits per heavy atom. The number of anilines is 3. The van der Waals surface area contributed by atoms with E-state index in [9.17, 15) is 4.79 Å². The van der Waals surface area contributed by atoms with E-state index in [0.717, 1.165) is 55.6 Å². The van der Waals surface area contributed by atoms with Gasteiger partial charge in [0.2, 0.25) is 11.9 Å². The van der Waals surface area contributed by atoms with Gasteiger partial charge in [-0.15, -0.1) is 0 Å². The first kappa shape index (κ1) is 20.9. The van der Waals surface area contributed by atoms with Gasteiger partial charge in [0.05, 0.1) is 0 Å². The lowest BCUT2D eigenvalue weighted by molar-refractivity contribution is -0.120. The van der Waals surface area contributed by atoms with Crippen molar-refractivity contribution in [1.29, 1.82) is 0 Å². The largest absolute Gasteiger partial charge is 0.362 e. The molecule has 30 heavy (non-hydrogen) atoms. The molecule has 0 atom stereocenters. The van der Waals surface area contributed by atoms with Crippen molar-refractivity contribution in [1.82, 2.24) is 9.97 Å². The number of hydrogen-bond acceptors (Lipinski definition) is 5. The molecule has 0 unspecified atom stereocenters. The number of nitrogens with zero attached hydrogens (tertiary/aromatic N) is 4. The fraction of sp³-hybridized carbons (Fsp3) is 0.522. The minimum atomic E-state index is 0.196. The number of carbonyl (C=O) groups is 1. The lowest BCUT2D eigenvalue weighted by atomic mass is 9.89. The molecule has 4 rings (SSSR count). The molecule has 0 spiro atoms. The molecule has 1 amide bonds.